The molecule has 1 atom stereocenters. The highest BCUT2D eigenvalue weighted by atomic mass is 32.2. The Morgan fingerprint density at radius 1 is 1.03 bits per heavy atom. The number of nitrogens with one attached hydrogen (secondary N) is 2. The fraction of sp³-hybridized carbons (Fsp3) is 0.391. The molecular weight excluding hydrogens is 462 g/mol. The maximum atomic E-state index is 13.1. The first-order chi connectivity index (χ1) is 16.4. The first-order valence-electron chi connectivity index (χ1n) is 10.8. The van der Waals surface area contributed by atoms with Crippen LogP contribution >= 0.6 is 0 Å². The topological polar surface area (TPSA) is 123 Å². The number of rotatable bonds is 9. The van der Waals surface area contributed by atoms with Gasteiger partial charge in [0.2, 0.25) is 10.0 Å². The Morgan fingerprint density at radius 2 is 1.74 bits per heavy atom. The molecule has 1 fully saturated rings. The van der Waals surface area contributed by atoms with Crippen LogP contribution in [0.25, 0.3) is 0 Å². The van der Waals surface area contributed by atoms with Crippen molar-refractivity contribution in [3.8, 4) is 11.5 Å². The molecule has 3 rings (SSSR count). The summed E-state index contributed by atoms with van der Waals surface area (Å²) in [4.78, 5) is 24.5. The molecule has 11 heteroatoms. The fourth-order valence-corrected chi connectivity index (χ4v) is 5.11. The van der Waals surface area contributed by atoms with Crippen LogP contribution in [0.1, 0.15) is 12.0 Å². The van der Waals surface area contributed by atoms with Crippen molar-refractivity contribution >= 4 is 21.8 Å². The van der Waals surface area contributed by atoms with Crippen LogP contribution in [0, 0.1) is 0 Å². The highest BCUT2D eigenvalue weighted by molar-refractivity contribution is 7.89. The Morgan fingerprint density at radius 3 is 2.44 bits per heavy atom. The third kappa shape index (κ3) is 6.25. The van der Waals surface area contributed by atoms with Crippen LogP contribution in [0.4, 0.5) is 0 Å². The van der Waals surface area contributed by atoms with Gasteiger partial charge in [0.15, 0.2) is 0 Å². The van der Waals surface area contributed by atoms with Crippen LogP contribution in [0.3, 0.4) is 0 Å². The van der Waals surface area contributed by atoms with Gasteiger partial charge in [-0.25, -0.2) is 8.42 Å². The van der Waals surface area contributed by atoms with Crippen molar-refractivity contribution in [3.63, 3.8) is 0 Å². The predicted octanol–water partition coefficient (Wildman–Crippen LogP) is 0.916. The largest absolute Gasteiger partial charge is 0.497 e. The molecule has 0 bridgehead atoms. The number of para-hydroxylation sites is 1. The van der Waals surface area contributed by atoms with Crippen molar-refractivity contribution < 1.29 is 32.2 Å². The second-order valence-electron chi connectivity index (χ2n) is 7.50. The standard InChI is InChI=1S/C23H29N3O7S/c1-31-18-8-10-19(11-9-18)34(29,30)26-14-5-15-33-21(26)16-25-23(28)22(27)24-13-12-17-6-3-4-7-20(17)32-2/h3-4,6-11,21H,5,12-16H2,1-2H3,(H,24,27)(H,25,28)/t21-/m0/s1. The molecule has 184 valence electrons. The van der Waals surface area contributed by atoms with Gasteiger partial charge in [0.05, 0.1) is 32.3 Å². The van der Waals surface area contributed by atoms with Gasteiger partial charge in [-0.15, -0.1) is 0 Å². The van der Waals surface area contributed by atoms with Crippen LogP contribution in [-0.2, 0) is 30.8 Å². The minimum absolute atomic E-state index is 0.0872. The average molecular weight is 492 g/mol. The van der Waals surface area contributed by atoms with E-state index in [2.05, 4.69) is 10.6 Å². The van der Waals surface area contributed by atoms with E-state index in [1.807, 2.05) is 24.3 Å². The highest BCUT2D eigenvalue weighted by Crippen LogP contribution is 2.24. The monoisotopic (exact) mass is 491 g/mol. The van der Waals surface area contributed by atoms with E-state index in [1.54, 1.807) is 19.2 Å². The molecular formula is C23H29N3O7S. The molecule has 2 aromatic carbocycles. The summed E-state index contributed by atoms with van der Waals surface area (Å²) in [6.07, 6.45) is 0.0810. The van der Waals surface area contributed by atoms with E-state index in [9.17, 15) is 18.0 Å². The van der Waals surface area contributed by atoms with Crippen molar-refractivity contribution in [3.05, 3.63) is 54.1 Å². The Labute approximate surface area is 199 Å². The maximum Gasteiger partial charge on any atom is 0.309 e. The third-order valence-corrected chi connectivity index (χ3v) is 7.24. The van der Waals surface area contributed by atoms with Crippen LogP contribution in [-0.4, -0.2) is 71.2 Å². The Kier molecular flexibility index (Phi) is 8.85. The van der Waals surface area contributed by atoms with Crippen LogP contribution in [0.2, 0.25) is 0 Å². The molecule has 0 aromatic heterocycles. The summed E-state index contributed by atoms with van der Waals surface area (Å²) in [5, 5.41) is 5.03. The lowest BCUT2D eigenvalue weighted by molar-refractivity contribution is -0.140. The van der Waals surface area contributed by atoms with Crippen molar-refractivity contribution in [2.24, 2.45) is 0 Å². The van der Waals surface area contributed by atoms with E-state index < -0.39 is 28.1 Å². The van der Waals surface area contributed by atoms with Crippen molar-refractivity contribution in [2.75, 3.05) is 40.5 Å². The zero-order valence-corrected chi connectivity index (χ0v) is 20.0. The summed E-state index contributed by atoms with van der Waals surface area (Å²) in [5.74, 6) is -0.436. The number of ether oxygens (including phenoxy) is 3. The van der Waals surface area contributed by atoms with E-state index in [4.69, 9.17) is 14.2 Å². The number of carbonyl (C=O) groups excluding carboxylic acids is 2. The Balaban J connectivity index is 1.54. The zero-order chi connectivity index (χ0) is 24.6. The lowest BCUT2D eigenvalue weighted by Gasteiger charge is -2.34. The van der Waals surface area contributed by atoms with Gasteiger partial charge < -0.3 is 24.8 Å². The first kappa shape index (κ1) is 25.5. The summed E-state index contributed by atoms with van der Waals surface area (Å²) >= 11 is 0. The quantitative estimate of drug-likeness (QED) is 0.500. The molecule has 1 heterocycles. The van der Waals surface area contributed by atoms with Gasteiger partial charge >= 0.3 is 11.8 Å². The van der Waals surface area contributed by atoms with E-state index in [0.717, 1.165) is 5.56 Å². The van der Waals surface area contributed by atoms with Crippen molar-refractivity contribution in [1.29, 1.82) is 0 Å². The van der Waals surface area contributed by atoms with Gasteiger partial charge in [-0.05, 0) is 48.7 Å². The smallest absolute Gasteiger partial charge is 0.309 e. The number of hydrogen-bond donors (Lipinski definition) is 2. The third-order valence-electron chi connectivity index (χ3n) is 5.34. The van der Waals surface area contributed by atoms with Crippen LogP contribution < -0.4 is 20.1 Å². The molecule has 1 aliphatic rings. The minimum atomic E-state index is -3.87. The summed E-state index contributed by atoms with van der Waals surface area (Å²) in [6.45, 7) is 0.666. The molecule has 0 aliphatic carbocycles. The SMILES string of the molecule is COc1ccc(S(=O)(=O)N2CCCO[C@H]2CNC(=O)C(=O)NCCc2ccccc2OC)cc1. The molecule has 34 heavy (non-hydrogen) atoms. The number of amides is 2. The molecule has 2 N–H and O–H groups in total. The van der Waals surface area contributed by atoms with E-state index in [1.165, 1.54) is 23.5 Å². The molecule has 10 nitrogen and oxygen atoms in total. The number of sulfonamides is 1. The van der Waals surface area contributed by atoms with Crippen molar-refractivity contribution in [1.82, 2.24) is 14.9 Å². The summed E-state index contributed by atoms with van der Waals surface area (Å²) in [7, 11) is -0.806. The summed E-state index contributed by atoms with van der Waals surface area (Å²) < 4.78 is 43.4. The van der Waals surface area contributed by atoms with Gasteiger partial charge in [-0.3, -0.25) is 9.59 Å². The van der Waals surface area contributed by atoms with Gasteiger partial charge in [-0.1, -0.05) is 18.2 Å². The van der Waals surface area contributed by atoms with Crippen LogP contribution in [0.15, 0.2) is 53.4 Å². The van der Waals surface area contributed by atoms with Gasteiger partial charge in [0.25, 0.3) is 0 Å². The molecule has 2 amide bonds. The second kappa shape index (κ2) is 11.8. The molecule has 0 spiro atoms. The number of methoxy groups -OCH3 is 2. The molecule has 0 radical (unpaired) electrons. The summed E-state index contributed by atoms with van der Waals surface area (Å²) in [6, 6.07) is 13.4. The van der Waals surface area contributed by atoms with Crippen LogP contribution in [0.5, 0.6) is 11.5 Å². The molecule has 1 aliphatic heterocycles. The Bertz CT molecular complexity index is 1090. The lowest BCUT2D eigenvalue weighted by Crippen LogP contribution is -2.53. The van der Waals surface area contributed by atoms with Gasteiger partial charge in [0.1, 0.15) is 17.7 Å². The fourth-order valence-electron chi connectivity index (χ4n) is 3.55. The number of benzene rings is 2. The highest BCUT2D eigenvalue weighted by Gasteiger charge is 2.35. The lowest BCUT2D eigenvalue weighted by atomic mass is 10.1. The number of hydrogen-bond acceptors (Lipinski definition) is 7. The normalized spacial score (nSPS) is 16.5. The molecule has 0 saturated carbocycles. The van der Waals surface area contributed by atoms with E-state index in [-0.39, 0.29) is 24.5 Å². The number of nitrogens with zero attached hydrogens (tertiary/aromatic N) is 1. The maximum absolute atomic E-state index is 13.1. The zero-order valence-electron chi connectivity index (χ0n) is 19.2. The van der Waals surface area contributed by atoms with Crippen molar-refractivity contribution in [2.45, 2.75) is 24.0 Å². The first-order valence-corrected chi connectivity index (χ1v) is 12.3. The number of carbonyl (C=O) groups is 2. The minimum Gasteiger partial charge on any atom is -0.497 e. The van der Waals surface area contributed by atoms with Gasteiger partial charge in [0, 0.05) is 13.1 Å². The van der Waals surface area contributed by atoms with E-state index in [0.29, 0.717) is 30.9 Å². The van der Waals surface area contributed by atoms with Gasteiger partial charge in [-0.2, -0.15) is 4.31 Å². The Hall–Kier alpha value is -3.15. The second-order valence-corrected chi connectivity index (χ2v) is 9.39. The molecule has 1 saturated heterocycles. The molecule has 0 unspecified atom stereocenters. The van der Waals surface area contributed by atoms with E-state index >= 15 is 0 Å². The molecule has 2 aromatic rings. The summed E-state index contributed by atoms with van der Waals surface area (Å²) in [5.41, 5.74) is 0.903. The predicted molar refractivity (Wildman–Crippen MR) is 124 cm³/mol. The average Bonchev–Trinajstić information content (AvgIpc) is 2.87.